The Labute approximate surface area is 205 Å². The van der Waals surface area contributed by atoms with Gasteiger partial charge in [0.1, 0.15) is 0 Å². The lowest BCUT2D eigenvalue weighted by Crippen LogP contribution is -2.14. The van der Waals surface area contributed by atoms with Crippen LogP contribution < -0.4 is 0 Å². The monoisotopic (exact) mass is 560 g/mol. The molecule has 0 saturated carbocycles. The SMILES string of the molecule is CCCCCCCCOCCOCCOCCOCCOCCOCCCCCCI. The molecular formula is C24H49IO6. The molecule has 0 aromatic rings. The zero-order valence-corrected chi connectivity index (χ0v) is 22.2. The van der Waals surface area contributed by atoms with E-state index in [0.29, 0.717) is 66.1 Å². The molecule has 0 bridgehead atoms. The van der Waals surface area contributed by atoms with Crippen LogP contribution in [0.1, 0.15) is 71.1 Å². The Balaban J connectivity index is 2.98. The highest BCUT2D eigenvalue weighted by atomic mass is 127. The molecule has 188 valence electrons. The molecular weight excluding hydrogens is 511 g/mol. The number of ether oxygens (including phenoxy) is 6. The van der Waals surface area contributed by atoms with Crippen LogP contribution in [-0.4, -0.2) is 83.7 Å². The lowest BCUT2D eigenvalue weighted by molar-refractivity contribution is -0.0169. The summed E-state index contributed by atoms with van der Waals surface area (Å²) in [6.45, 7) is 10.1. The molecule has 7 heteroatoms. The Kier molecular flexibility index (Phi) is 31.0. The van der Waals surface area contributed by atoms with E-state index in [-0.39, 0.29) is 0 Å². The van der Waals surface area contributed by atoms with Crippen molar-refractivity contribution >= 4 is 22.6 Å². The standard InChI is InChI=1S/C24H49IO6/c1-2-3-4-5-7-10-13-26-15-17-28-19-21-30-23-24-31-22-20-29-18-16-27-14-11-8-6-9-12-25/h2-24H2,1H3. The Morgan fingerprint density at radius 2 is 0.645 bits per heavy atom. The molecule has 0 aliphatic heterocycles. The van der Waals surface area contributed by atoms with Crippen molar-refractivity contribution in [2.24, 2.45) is 0 Å². The molecule has 0 aliphatic rings. The van der Waals surface area contributed by atoms with Gasteiger partial charge in [0.05, 0.1) is 66.1 Å². The van der Waals surface area contributed by atoms with Gasteiger partial charge in [-0.3, -0.25) is 0 Å². The van der Waals surface area contributed by atoms with Crippen LogP contribution in [0, 0.1) is 0 Å². The first kappa shape index (κ1) is 31.5. The molecule has 0 heterocycles. The third-order valence-electron chi connectivity index (χ3n) is 4.67. The van der Waals surface area contributed by atoms with Crippen molar-refractivity contribution in [2.45, 2.75) is 71.1 Å². The van der Waals surface area contributed by atoms with Gasteiger partial charge in [-0.25, -0.2) is 0 Å². The Morgan fingerprint density at radius 1 is 0.355 bits per heavy atom. The van der Waals surface area contributed by atoms with E-state index in [4.69, 9.17) is 28.4 Å². The summed E-state index contributed by atoms with van der Waals surface area (Å²) in [6, 6.07) is 0. The molecule has 0 fully saturated rings. The van der Waals surface area contributed by atoms with E-state index in [1.165, 1.54) is 55.8 Å². The maximum Gasteiger partial charge on any atom is 0.0701 e. The van der Waals surface area contributed by atoms with Gasteiger partial charge >= 0.3 is 0 Å². The van der Waals surface area contributed by atoms with Gasteiger partial charge in [-0.1, -0.05) is 74.5 Å². The molecule has 0 aliphatic carbocycles. The Hall–Kier alpha value is 0.490. The van der Waals surface area contributed by atoms with Gasteiger partial charge in [-0.15, -0.1) is 0 Å². The highest BCUT2D eigenvalue weighted by Gasteiger charge is 1.95. The van der Waals surface area contributed by atoms with E-state index >= 15 is 0 Å². The molecule has 0 rings (SSSR count). The summed E-state index contributed by atoms with van der Waals surface area (Å²) < 4.78 is 34.3. The predicted octanol–water partition coefficient (Wildman–Crippen LogP) is 5.44. The van der Waals surface area contributed by atoms with Crippen molar-refractivity contribution in [3.8, 4) is 0 Å². The van der Waals surface area contributed by atoms with Crippen LogP contribution in [0.25, 0.3) is 0 Å². The summed E-state index contributed by atoms with van der Waals surface area (Å²) in [7, 11) is 0. The van der Waals surface area contributed by atoms with Crippen molar-refractivity contribution in [1.82, 2.24) is 0 Å². The zero-order chi connectivity index (χ0) is 22.5. The molecule has 31 heavy (non-hydrogen) atoms. The number of halogens is 1. The van der Waals surface area contributed by atoms with Gasteiger partial charge in [0.25, 0.3) is 0 Å². The number of alkyl halides is 1. The lowest BCUT2D eigenvalue weighted by Gasteiger charge is -2.08. The average molecular weight is 561 g/mol. The first-order chi connectivity index (χ1) is 15.4. The first-order valence-corrected chi connectivity index (χ1v) is 14.0. The number of hydrogen-bond donors (Lipinski definition) is 0. The predicted molar refractivity (Wildman–Crippen MR) is 136 cm³/mol. The van der Waals surface area contributed by atoms with Crippen LogP contribution in [0.5, 0.6) is 0 Å². The second kappa shape index (κ2) is 30.5. The third kappa shape index (κ3) is 30.5. The Morgan fingerprint density at radius 3 is 1.00 bits per heavy atom. The molecule has 0 N–H and O–H groups in total. The largest absolute Gasteiger partial charge is 0.379 e. The molecule has 6 nitrogen and oxygen atoms in total. The minimum atomic E-state index is 0.582. The van der Waals surface area contributed by atoms with E-state index in [1.807, 2.05) is 0 Å². The maximum atomic E-state index is 5.57. The maximum absolute atomic E-state index is 5.57. The van der Waals surface area contributed by atoms with Gasteiger partial charge in [0.2, 0.25) is 0 Å². The number of unbranched alkanes of at least 4 members (excludes halogenated alkanes) is 8. The van der Waals surface area contributed by atoms with Gasteiger partial charge < -0.3 is 28.4 Å². The fraction of sp³-hybridized carbons (Fsp3) is 1.00. The van der Waals surface area contributed by atoms with Crippen LogP contribution in [0.4, 0.5) is 0 Å². The number of rotatable bonds is 28. The highest BCUT2D eigenvalue weighted by molar-refractivity contribution is 14.1. The fourth-order valence-electron chi connectivity index (χ4n) is 2.84. The molecule has 0 unspecified atom stereocenters. The van der Waals surface area contributed by atoms with E-state index in [1.54, 1.807) is 0 Å². The van der Waals surface area contributed by atoms with Crippen molar-refractivity contribution in [3.05, 3.63) is 0 Å². The lowest BCUT2D eigenvalue weighted by atomic mass is 10.1. The van der Waals surface area contributed by atoms with Crippen molar-refractivity contribution < 1.29 is 28.4 Å². The van der Waals surface area contributed by atoms with Crippen molar-refractivity contribution in [1.29, 1.82) is 0 Å². The molecule has 0 aromatic heterocycles. The smallest absolute Gasteiger partial charge is 0.0701 e. The van der Waals surface area contributed by atoms with Crippen LogP contribution >= 0.6 is 22.6 Å². The van der Waals surface area contributed by atoms with Crippen molar-refractivity contribution in [2.75, 3.05) is 83.7 Å². The fourth-order valence-corrected chi connectivity index (χ4v) is 3.38. The van der Waals surface area contributed by atoms with Crippen LogP contribution in [0.15, 0.2) is 0 Å². The summed E-state index contributed by atoms with van der Waals surface area (Å²) in [4.78, 5) is 0. The summed E-state index contributed by atoms with van der Waals surface area (Å²) in [6.07, 6.45) is 12.8. The molecule has 0 saturated heterocycles. The van der Waals surface area contributed by atoms with E-state index < -0.39 is 0 Å². The van der Waals surface area contributed by atoms with E-state index in [2.05, 4.69) is 29.5 Å². The van der Waals surface area contributed by atoms with Gasteiger partial charge in [0, 0.05) is 13.2 Å². The van der Waals surface area contributed by atoms with Crippen LogP contribution in [-0.2, 0) is 28.4 Å². The van der Waals surface area contributed by atoms with Gasteiger partial charge in [-0.2, -0.15) is 0 Å². The summed E-state index contributed by atoms with van der Waals surface area (Å²) >= 11 is 2.43. The summed E-state index contributed by atoms with van der Waals surface area (Å²) in [5.74, 6) is 0. The summed E-state index contributed by atoms with van der Waals surface area (Å²) in [5, 5.41) is 0. The molecule has 0 spiro atoms. The van der Waals surface area contributed by atoms with Crippen LogP contribution in [0.3, 0.4) is 0 Å². The minimum absolute atomic E-state index is 0.582. The normalized spacial score (nSPS) is 11.4. The van der Waals surface area contributed by atoms with Gasteiger partial charge in [-0.05, 0) is 23.7 Å². The highest BCUT2D eigenvalue weighted by Crippen LogP contribution is 2.05. The second-order valence-corrected chi connectivity index (χ2v) is 8.62. The quantitative estimate of drug-likeness (QED) is 0.0722. The summed E-state index contributed by atoms with van der Waals surface area (Å²) in [5.41, 5.74) is 0. The molecule has 0 radical (unpaired) electrons. The van der Waals surface area contributed by atoms with Crippen molar-refractivity contribution in [3.63, 3.8) is 0 Å². The molecule has 0 atom stereocenters. The molecule has 0 amide bonds. The third-order valence-corrected chi connectivity index (χ3v) is 5.44. The first-order valence-electron chi connectivity index (χ1n) is 12.4. The van der Waals surface area contributed by atoms with Gasteiger partial charge in [0.15, 0.2) is 0 Å². The Bertz CT molecular complexity index is 282. The van der Waals surface area contributed by atoms with E-state index in [9.17, 15) is 0 Å². The zero-order valence-electron chi connectivity index (χ0n) is 20.1. The minimum Gasteiger partial charge on any atom is -0.379 e. The van der Waals surface area contributed by atoms with E-state index in [0.717, 1.165) is 26.1 Å². The van der Waals surface area contributed by atoms with Crippen LogP contribution in [0.2, 0.25) is 0 Å². The topological polar surface area (TPSA) is 55.4 Å². The molecule has 0 aromatic carbocycles. The average Bonchev–Trinajstić information content (AvgIpc) is 2.78. The second-order valence-electron chi connectivity index (χ2n) is 7.55. The number of hydrogen-bond acceptors (Lipinski definition) is 6.